The van der Waals surface area contributed by atoms with E-state index in [9.17, 15) is 13.6 Å². The number of thioether (sulfide) groups is 1. The number of pyridine rings is 1. The Morgan fingerprint density at radius 2 is 1.46 bits per heavy atom. The van der Waals surface area contributed by atoms with Crippen LogP contribution < -0.4 is 0 Å². The molecule has 8 heteroatoms. The van der Waals surface area contributed by atoms with Gasteiger partial charge >= 0.3 is 5.97 Å². The predicted octanol–water partition coefficient (Wildman–Crippen LogP) is 4.79. The summed E-state index contributed by atoms with van der Waals surface area (Å²) < 4.78 is 32.8. The van der Waals surface area contributed by atoms with E-state index in [-0.39, 0.29) is 29.7 Å². The van der Waals surface area contributed by atoms with Crippen LogP contribution in [-0.4, -0.2) is 65.3 Å². The first-order valence-electron chi connectivity index (χ1n) is 11.7. The van der Waals surface area contributed by atoms with E-state index in [4.69, 9.17) is 4.74 Å². The van der Waals surface area contributed by atoms with Gasteiger partial charge in [0.1, 0.15) is 17.7 Å². The van der Waals surface area contributed by atoms with Crippen molar-refractivity contribution < 1.29 is 18.3 Å². The number of rotatable bonds is 9. The van der Waals surface area contributed by atoms with E-state index in [1.54, 1.807) is 48.4 Å². The summed E-state index contributed by atoms with van der Waals surface area (Å²) in [5.41, 5.74) is 1.94. The minimum Gasteiger partial charge on any atom is -0.460 e. The van der Waals surface area contributed by atoms with Crippen molar-refractivity contribution in [3.63, 3.8) is 0 Å². The second kappa shape index (κ2) is 12.2. The molecule has 2 heterocycles. The molecule has 1 aliphatic heterocycles. The van der Waals surface area contributed by atoms with E-state index in [1.165, 1.54) is 31.2 Å². The molecule has 5 nitrogen and oxygen atoms in total. The highest BCUT2D eigenvalue weighted by Gasteiger charge is 2.28. The first kappa shape index (κ1) is 25.3. The smallest absolute Gasteiger partial charge is 0.302 e. The Hall–Kier alpha value is -2.81. The van der Waals surface area contributed by atoms with Crippen molar-refractivity contribution in [2.75, 3.05) is 38.5 Å². The van der Waals surface area contributed by atoms with E-state index in [2.05, 4.69) is 14.8 Å². The highest BCUT2D eigenvalue weighted by atomic mass is 32.2. The SMILES string of the molecule is CC(=O)OC(CSc1ccncc1)CN1CCN(C(c2ccc(F)cc2)c2ccc(F)cc2)CC1. The number of hydrogen-bond acceptors (Lipinski definition) is 6. The van der Waals surface area contributed by atoms with Gasteiger partial charge < -0.3 is 4.74 Å². The largest absolute Gasteiger partial charge is 0.460 e. The highest BCUT2D eigenvalue weighted by molar-refractivity contribution is 7.99. The Bertz CT molecular complexity index is 1030. The van der Waals surface area contributed by atoms with Crippen LogP contribution >= 0.6 is 11.8 Å². The van der Waals surface area contributed by atoms with Crippen molar-refractivity contribution in [1.82, 2.24) is 14.8 Å². The minimum absolute atomic E-state index is 0.0927. The fourth-order valence-electron chi connectivity index (χ4n) is 4.38. The van der Waals surface area contributed by atoms with Crippen LogP contribution in [0.15, 0.2) is 78.0 Å². The summed E-state index contributed by atoms with van der Waals surface area (Å²) in [5.74, 6) is -0.177. The number of carbonyl (C=O) groups excluding carboxylic acids is 1. The third-order valence-corrected chi connectivity index (χ3v) is 7.17. The zero-order chi connectivity index (χ0) is 24.6. The maximum Gasteiger partial charge on any atom is 0.302 e. The van der Waals surface area contributed by atoms with Crippen LogP contribution in [-0.2, 0) is 9.53 Å². The summed E-state index contributed by atoms with van der Waals surface area (Å²) in [6.45, 7) is 5.27. The number of esters is 1. The molecule has 1 aromatic heterocycles. The van der Waals surface area contributed by atoms with Crippen LogP contribution in [0.5, 0.6) is 0 Å². The monoisotopic (exact) mass is 497 g/mol. The van der Waals surface area contributed by atoms with Crippen molar-refractivity contribution in [2.45, 2.75) is 24.0 Å². The van der Waals surface area contributed by atoms with Gasteiger partial charge in [0.2, 0.25) is 0 Å². The molecule has 35 heavy (non-hydrogen) atoms. The Morgan fingerprint density at radius 1 is 0.914 bits per heavy atom. The van der Waals surface area contributed by atoms with Crippen molar-refractivity contribution in [3.8, 4) is 0 Å². The summed E-state index contributed by atoms with van der Waals surface area (Å²) in [6, 6.07) is 16.8. The highest BCUT2D eigenvalue weighted by Crippen LogP contribution is 2.30. The molecule has 0 saturated carbocycles. The standard InChI is InChI=1S/C27H29F2N3O2S/c1-20(33)34-25(19-35-26-10-12-30-13-11-26)18-31-14-16-32(17-15-31)27(21-2-6-23(28)7-3-21)22-4-8-24(29)9-5-22/h2-13,25,27H,14-19H2,1H3. The lowest BCUT2D eigenvalue weighted by Crippen LogP contribution is -2.50. The van der Waals surface area contributed by atoms with Crippen molar-refractivity contribution in [2.24, 2.45) is 0 Å². The molecule has 1 fully saturated rings. The lowest BCUT2D eigenvalue weighted by atomic mass is 9.96. The van der Waals surface area contributed by atoms with Crippen LogP contribution in [0.1, 0.15) is 24.1 Å². The molecule has 0 spiro atoms. The maximum absolute atomic E-state index is 13.6. The molecule has 0 aliphatic carbocycles. The molecule has 1 atom stereocenters. The van der Waals surface area contributed by atoms with Gasteiger partial charge in [0.25, 0.3) is 0 Å². The van der Waals surface area contributed by atoms with Crippen LogP contribution in [0.4, 0.5) is 8.78 Å². The van der Waals surface area contributed by atoms with Gasteiger partial charge in [-0.2, -0.15) is 0 Å². The van der Waals surface area contributed by atoms with Crippen molar-refractivity contribution in [1.29, 1.82) is 0 Å². The zero-order valence-electron chi connectivity index (χ0n) is 19.6. The normalized spacial score (nSPS) is 15.8. The lowest BCUT2D eigenvalue weighted by molar-refractivity contribution is -0.146. The number of ether oxygens (including phenoxy) is 1. The van der Waals surface area contributed by atoms with E-state index in [1.807, 2.05) is 12.1 Å². The third kappa shape index (κ3) is 7.34. The fourth-order valence-corrected chi connectivity index (χ4v) is 5.24. The molecule has 0 N–H and O–H groups in total. The molecule has 4 rings (SSSR count). The molecular formula is C27H29F2N3O2S. The quantitative estimate of drug-likeness (QED) is 0.313. The molecule has 1 saturated heterocycles. The number of halogens is 2. The lowest BCUT2D eigenvalue weighted by Gasteiger charge is -2.40. The topological polar surface area (TPSA) is 45.7 Å². The number of aromatic nitrogens is 1. The van der Waals surface area contributed by atoms with E-state index in [0.29, 0.717) is 12.3 Å². The number of piperazine rings is 1. The van der Waals surface area contributed by atoms with Gasteiger partial charge in [0.15, 0.2) is 0 Å². The average molecular weight is 498 g/mol. The van der Waals surface area contributed by atoms with E-state index >= 15 is 0 Å². The molecule has 2 aromatic carbocycles. The maximum atomic E-state index is 13.6. The molecule has 3 aromatic rings. The molecule has 0 amide bonds. The van der Waals surface area contributed by atoms with Gasteiger partial charge in [-0.25, -0.2) is 8.78 Å². The average Bonchev–Trinajstić information content (AvgIpc) is 2.86. The first-order valence-corrected chi connectivity index (χ1v) is 12.6. The van der Waals surface area contributed by atoms with Crippen LogP contribution in [0, 0.1) is 11.6 Å². The number of carbonyl (C=O) groups is 1. The van der Waals surface area contributed by atoms with Gasteiger partial charge in [-0.1, -0.05) is 24.3 Å². The summed E-state index contributed by atoms with van der Waals surface area (Å²) in [7, 11) is 0. The Labute approximate surface area is 209 Å². The predicted molar refractivity (Wildman–Crippen MR) is 133 cm³/mol. The Morgan fingerprint density at radius 3 is 1.97 bits per heavy atom. The van der Waals surface area contributed by atoms with Crippen LogP contribution in [0.2, 0.25) is 0 Å². The number of hydrogen-bond donors (Lipinski definition) is 0. The first-order chi connectivity index (χ1) is 17.0. The van der Waals surface area contributed by atoms with Gasteiger partial charge in [-0.15, -0.1) is 11.8 Å². The summed E-state index contributed by atoms with van der Waals surface area (Å²) in [6.07, 6.45) is 3.28. The molecule has 0 radical (unpaired) electrons. The van der Waals surface area contributed by atoms with Gasteiger partial charge in [-0.3, -0.25) is 19.6 Å². The second-order valence-corrected chi connectivity index (χ2v) is 9.66. The Kier molecular flexibility index (Phi) is 8.84. The molecule has 1 unspecified atom stereocenters. The summed E-state index contributed by atoms with van der Waals surface area (Å²) >= 11 is 1.65. The molecular weight excluding hydrogens is 468 g/mol. The molecule has 0 bridgehead atoms. The van der Waals surface area contributed by atoms with Gasteiger partial charge in [0.05, 0.1) is 6.04 Å². The van der Waals surface area contributed by atoms with E-state index in [0.717, 1.165) is 42.2 Å². The van der Waals surface area contributed by atoms with Crippen LogP contribution in [0.25, 0.3) is 0 Å². The van der Waals surface area contributed by atoms with Crippen LogP contribution in [0.3, 0.4) is 0 Å². The summed E-state index contributed by atoms with van der Waals surface area (Å²) in [5, 5.41) is 0. The Balaban J connectivity index is 1.41. The van der Waals surface area contributed by atoms with Crippen molar-refractivity contribution >= 4 is 17.7 Å². The third-order valence-electron chi connectivity index (χ3n) is 6.02. The molecule has 1 aliphatic rings. The minimum atomic E-state index is -0.281. The van der Waals surface area contributed by atoms with Crippen molar-refractivity contribution in [3.05, 3.63) is 95.8 Å². The fraction of sp³-hybridized carbons (Fsp3) is 0.333. The van der Waals surface area contributed by atoms with E-state index < -0.39 is 0 Å². The zero-order valence-corrected chi connectivity index (χ0v) is 20.5. The van der Waals surface area contributed by atoms with Gasteiger partial charge in [0, 0.05) is 62.7 Å². The molecule has 184 valence electrons. The number of nitrogens with zero attached hydrogens (tertiary/aromatic N) is 3. The second-order valence-electron chi connectivity index (χ2n) is 8.57. The number of benzene rings is 2. The van der Waals surface area contributed by atoms with Gasteiger partial charge in [-0.05, 0) is 47.5 Å². The summed E-state index contributed by atoms with van der Waals surface area (Å²) in [4.78, 5) is 21.5.